The minimum atomic E-state index is 0.186. The predicted octanol–water partition coefficient (Wildman–Crippen LogP) is 2.09. The zero-order valence-corrected chi connectivity index (χ0v) is 7.42. The van der Waals surface area contributed by atoms with Crippen molar-refractivity contribution < 1.29 is 9.53 Å². The highest BCUT2D eigenvalue weighted by Crippen LogP contribution is 2.16. The maximum atomic E-state index is 11.2. The van der Waals surface area contributed by atoms with Gasteiger partial charge in [0.15, 0.2) is 0 Å². The second kappa shape index (κ2) is 5.09. The molecule has 2 heteroatoms. The fourth-order valence-electron chi connectivity index (χ4n) is 1.47. The quantitative estimate of drug-likeness (QED) is 0.601. The highest BCUT2D eigenvalue weighted by Gasteiger charge is 2.16. The smallest absolute Gasteiger partial charge is 0.139 e. The number of Topliss-reactive ketones (excluding diaryl/α,β-unsaturated/α-hetero) is 1. The first-order valence-corrected chi connectivity index (χ1v) is 4.57. The van der Waals surface area contributed by atoms with Gasteiger partial charge >= 0.3 is 0 Å². The summed E-state index contributed by atoms with van der Waals surface area (Å²) in [5.41, 5.74) is 0. The number of carbonyl (C=O) groups is 1. The van der Waals surface area contributed by atoms with E-state index in [4.69, 9.17) is 4.74 Å². The van der Waals surface area contributed by atoms with E-state index in [2.05, 4.69) is 6.58 Å². The Morgan fingerprint density at radius 1 is 1.58 bits per heavy atom. The number of hydrogen-bond donors (Lipinski definition) is 0. The minimum Gasteiger partial charge on any atom is -0.378 e. The van der Waals surface area contributed by atoms with Gasteiger partial charge in [-0.3, -0.25) is 4.79 Å². The summed E-state index contributed by atoms with van der Waals surface area (Å²) in [6, 6.07) is 0. The fraction of sp³-hybridized carbons (Fsp3) is 0.700. The van der Waals surface area contributed by atoms with Gasteiger partial charge in [-0.15, -0.1) is 6.58 Å². The van der Waals surface area contributed by atoms with Crippen LogP contribution in [0.2, 0.25) is 0 Å². The van der Waals surface area contributed by atoms with Gasteiger partial charge in [0.1, 0.15) is 5.78 Å². The van der Waals surface area contributed by atoms with Crippen LogP contribution in [0.4, 0.5) is 0 Å². The molecule has 0 bridgehead atoms. The summed E-state index contributed by atoms with van der Waals surface area (Å²) < 4.78 is 5.44. The van der Waals surface area contributed by atoms with Crippen molar-refractivity contribution in [3.05, 3.63) is 12.7 Å². The second-order valence-electron chi connectivity index (χ2n) is 3.22. The van der Waals surface area contributed by atoms with Crippen LogP contribution in [0.25, 0.3) is 0 Å². The van der Waals surface area contributed by atoms with Crippen LogP contribution >= 0.6 is 0 Å². The van der Waals surface area contributed by atoms with Crippen molar-refractivity contribution in [3.8, 4) is 0 Å². The second-order valence-corrected chi connectivity index (χ2v) is 3.22. The SMILES string of the molecule is C=CCC(=O)CC1CCCCO1. The van der Waals surface area contributed by atoms with Gasteiger partial charge in [0, 0.05) is 19.4 Å². The van der Waals surface area contributed by atoms with Crippen LogP contribution in [0.1, 0.15) is 32.1 Å². The van der Waals surface area contributed by atoms with E-state index in [0.29, 0.717) is 12.8 Å². The lowest BCUT2D eigenvalue weighted by atomic mass is 10.0. The number of allylic oxidation sites excluding steroid dienone is 1. The van der Waals surface area contributed by atoms with Crippen LogP contribution in [-0.4, -0.2) is 18.5 Å². The van der Waals surface area contributed by atoms with Crippen molar-refractivity contribution >= 4 is 5.78 Å². The number of rotatable bonds is 4. The van der Waals surface area contributed by atoms with E-state index < -0.39 is 0 Å². The van der Waals surface area contributed by atoms with Crippen molar-refractivity contribution in [2.24, 2.45) is 0 Å². The van der Waals surface area contributed by atoms with E-state index in [1.54, 1.807) is 6.08 Å². The Morgan fingerprint density at radius 3 is 3.00 bits per heavy atom. The lowest BCUT2D eigenvalue weighted by molar-refractivity contribution is -0.121. The number of ether oxygens (including phenoxy) is 1. The molecular formula is C10H16O2. The maximum Gasteiger partial charge on any atom is 0.139 e. The Hall–Kier alpha value is -0.630. The zero-order chi connectivity index (χ0) is 8.81. The molecule has 1 aliphatic heterocycles. The molecule has 1 atom stereocenters. The standard InChI is InChI=1S/C10H16O2/c1-2-5-9(11)8-10-6-3-4-7-12-10/h2,10H,1,3-8H2. The van der Waals surface area contributed by atoms with E-state index >= 15 is 0 Å². The van der Waals surface area contributed by atoms with Crippen LogP contribution < -0.4 is 0 Å². The van der Waals surface area contributed by atoms with Crippen LogP contribution in [0.5, 0.6) is 0 Å². The van der Waals surface area contributed by atoms with Crippen molar-refractivity contribution in [1.82, 2.24) is 0 Å². The van der Waals surface area contributed by atoms with Crippen molar-refractivity contribution in [2.75, 3.05) is 6.61 Å². The first-order chi connectivity index (χ1) is 5.83. The molecule has 1 aliphatic rings. The van der Waals surface area contributed by atoms with E-state index in [-0.39, 0.29) is 11.9 Å². The van der Waals surface area contributed by atoms with Gasteiger partial charge in [0.25, 0.3) is 0 Å². The topological polar surface area (TPSA) is 26.3 Å². The fourth-order valence-corrected chi connectivity index (χ4v) is 1.47. The van der Waals surface area contributed by atoms with Gasteiger partial charge in [0.05, 0.1) is 6.10 Å². The minimum absolute atomic E-state index is 0.186. The molecule has 0 N–H and O–H groups in total. The number of carbonyl (C=O) groups excluding carboxylic acids is 1. The molecule has 1 rings (SSSR count). The summed E-state index contributed by atoms with van der Waals surface area (Å²) >= 11 is 0. The molecule has 12 heavy (non-hydrogen) atoms. The summed E-state index contributed by atoms with van der Waals surface area (Å²) in [6.07, 6.45) is 6.30. The van der Waals surface area contributed by atoms with Gasteiger partial charge in [-0.2, -0.15) is 0 Å². The van der Waals surface area contributed by atoms with E-state index in [9.17, 15) is 4.79 Å². The highest BCUT2D eigenvalue weighted by atomic mass is 16.5. The molecule has 1 unspecified atom stereocenters. The van der Waals surface area contributed by atoms with Crippen molar-refractivity contribution in [3.63, 3.8) is 0 Å². The third-order valence-electron chi connectivity index (χ3n) is 2.10. The van der Waals surface area contributed by atoms with Crippen LogP contribution in [0, 0.1) is 0 Å². The van der Waals surface area contributed by atoms with Gasteiger partial charge in [-0.25, -0.2) is 0 Å². The summed E-state index contributed by atoms with van der Waals surface area (Å²) in [7, 11) is 0. The summed E-state index contributed by atoms with van der Waals surface area (Å²) in [5, 5.41) is 0. The molecule has 2 nitrogen and oxygen atoms in total. The lowest BCUT2D eigenvalue weighted by Crippen LogP contribution is -2.22. The van der Waals surface area contributed by atoms with E-state index in [1.165, 1.54) is 6.42 Å². The molecule has 0 spiro atoms. The third kappa shape index (κ3) is 3.18. The number of ketones is 1. The average Bonchev–Trinajstić information content (AvgIpc) is 2.06. The van der Waals surface area contributed by atoms with Crippen molar-refractivity contribution in [1.29, 1.82) is 0 Å². The predicted molar refractivity (Wildman–Crippen MR) is 48.0 cm³/mol. The molecule has 1 saturated heterocycles. The molecule has 1 heterocycles. The molecule has 0 aromatic carbocycles. The van der Waals surface area contributed by atoms with Crippen LogP contribution in [0.3, 0.4) is 0 Å². The molecule has 0 aromatic rings. The monoisotopic (exact) mass is 168 g/mol. The molecule has 0 amide bonds. The molecule has 1 fully saturated rings. The molecule has 0 aliphatic carbocycles. The summed E-state index contributed by atoms with van der Waals surface area (Å²) in [6.45, 7) is 4.36. The molecule has 68 valence electrons. The molecular weight excluding hydrogens is 152 g/mol. The third-order valence-corrected chi connectivity index (χ3v) is 2.10. The first-order valence-electron chi connectivity index (χ1n) is 4.57. The Kier molecular flexibility index (Phi) is 4.01. The van der Waals surface area contributed by atoms with Gasteiger partial charge in [-0.1, -0.05) is 6.08 Å². The Bertz CT molecular complexity index is 157. The van der Waals surface area contributed by atoms with Crippen molar-refractivity contribution in [2.45, 2.75) is 38.2 Å². The zero-order valence-electron chi connectivity index (χ0n) is 7.42. The largest absolute Gasteiger partial charge is 0.378 e. The molecule has 0 radical (unpaired) electrons. The highest BCUT2D eigenvalue weighted by molar-refractivity contribution is 5.80. The molecule has 0 aromatic heterocycles. The molecule has 0 saturated carbocycles. The van der Waals surface area contributed by atoms with E-state index in [1.807, 2.05) is 0 Å². The van der Waals surface area contributed by atoms with Crippen LogP contribution in [0.15, 0.2) is 12.7 Å². The number of hydrogen-bond acceptors (Lipinski definition) is 2. The Morgan fingerprint density at radius 2 is 2.42 bits per heavy atom. The maximum absolute atomic E-state index is 11.2. The van der Waals surface area contributed by atoms with E-state index in [0.717, 1.165) is 19.4 Å². The van der Waals surface area contributed by atoms with Crippen LogP contribution in [-0.2, 0) is 9.53 Å². The summed E-state index contributed by atoms with van der Waals surface area (Å²) in [4.78, 5) is 11.2. The Balaban J connectivity index is 2.19. The first kappa shape index (κ1) is 9.46. The lowest BCUT2D eigenvalue weighted by Gasteiger charge is -2.21. The Labute approximate surface area is 73.6 Å². The van der Waals surface area contributed by atoms with Gasteiger partial charge < -0.3 is 4.74 Å². The average molecular weight is 168 g/mol. The van der Waals surface area contributed by atoms with Gasteiger partial charge in [-0.05, 0) is 19.3 Å². The normalized spacial score (nSPS) is 23.5. The van der Waals surface area contributed by atoms with Gasteiger partial charge in [0.2, 0.25) is 0 Å². The summed E-state index contributed by atoms with van der Waals surface area (Å²) in [5.74, 6) is 0.247.